The van der Waals surface area contributed by atoms with Gasteiger partial charge in [0.2, 0.25) is 0 Å². The van der Waals surface area contributed by atoms with Gasteiger partial charge >= 0.3 is 12.1 Å². The number of benzene rings is 1. The van der Waals surface area contributed by atoms with Crippen LogP contribution in [-0.2, 0) is 18.0 Å². The number of ether oxygens (including phenoxy) is 1. The maximum absolute atomic E-state index is 13.4. The van der Waals surface area contributed by atoms with E-state index in [0.29, 0.717) is 11.0 Å². The molecule has 4 rings (SSSR count). The van der Waals surface area contributed by atoms with Crippen molar-refractivity contribution in [3.63, 3.8) is 0 Å². The monoisotopic (exact) mass is 443 g/mol. The van der Waals surface area contributed by atoms with Crippen LogP contribution in [-0.4, -0.2) is 38.7 Å². The highest BCUT2D eigenvalue weighted by molar-refractivity contribution is 6.04. The van der Waals surface area contributed by atoms with Crippen LogP contribution in [0.2, 0.25) is 0 Å². The van der Waals surface area contributed by atoms with Crippen LogP contribution in [0.3, 0.4) is 0 Å². The highest BCUT2D eigenvalue weighted by atomic mass is 19.4. The van der Waals surface area contributed by atoms with Crippen molar-refractivity contribution in [1.29, 1.82) is 0 Å². The summed E-state index contributed by atoms with van der Waals surface area (Å²) in [6.07, 6.45) is -4.51. The molecule has 1 amide bonds. The van der Waals surface area contributed by atoms with Crippen LogP contribution >= 0.6 is 0 Å². The topological polar surface area (TPSA) is 102 Å². The predicted octanol–water partition coefficient (Wildman–Crippen LogP) is 4.02. The summed E-state index contributed by atoms with van der Waals surface area (Å²) in [4.78, 5) is 31.3. The molecule has 0 unspecified atom stereocenters. The van der Waals surface area contributed by atoms with Gasteiger partial charge in [-0.1, -0.05) is 18.2 Å². The number of H-pyrrole nitrogens is 1. The number of carbonyl (C=O) groups excluding carboxylic acids is 2. The Kier molecular flexibility index (Phi) is 5.17. The largest absolute Gasteiger partial charge is 0.464 e. The smallest absolute Gasteiger partial charge is 0.417 e. The summed E-state index contributed by atoms with van der Waals surface area (Å²) in [6.45, 7) is 0. The minimum atomic E-state index is -4.51. The van der Waals surface area contributed by atoms with E-state index in [1.807, 2.05) is 0 Å². The summed E-state index contributed by atoms with van der Waals surface area (Å²) in [5, 5.41) is 7.08. The van der Waals surface area contributed by atoms with Crippen LogP contribution in [0.15, 0.2) is 48.5 Å². The zero-order chi connectivity index (χ0) is 23.0. The van der Waals surface area contributed by atoms with Crippen LogP contribution < -0.4 is 5.32 Å². The van der Waals surface area contributed by atoms with E-state index in [9.17, 15) is 22.8 Å². The van der Waals surface area contributed by atoms with Gasteiger partial charge in [-0.25, -0.2) is 9.78 Å². The summed E-state index contributed by atoms with van der Waals surface area (Å²) in [7, 11) is 2.70. The number of methoxy groups -OCH3 is 1. The number of esters is 1. The average Bonchev–Trinajstić information content (AvgIpc) is 3.35. The molecule has 32 heavy (non-hydrogen) atoms. The number of aromatic amines is 1. The second-order valence-corrected chi connectivity index (χ2v) is 6.84. The predicted molar refractivity (Wildman–Crippen MR) is 109 cm³/mol. The molecule has 0 saturated heterocycles. The number of amides is 1. The second kappa shape index (κ2) is 7.84. The lowest BCUT2D eigenvalue weighted by Crippen LogP contribution is -2.16. The van der Waals surface area contributed by atoms with Gasteiger partial charge in [0.25, 0.3) is 5.91 Å². The number of anilines is 1. The van der Waals surface area contributed by atoms with E-state index in [1.54, 1.807) is 12.1 Å². The number of pyridine rings is 1. The third kappa shape index (κ3) is 3.92. The molecule has 0 bridgehead atoms. The minimum absolute atomic E-state index is 0.00573. The number of hydrogen-bond acceptors (Lipinski definition) is 5. The van der Waals surface area contributed by atoms with E-state index in [2.05, 4.69) is 25.1 Å². The van der Waals surface area contributed by atoms with Crippen LogP contribution in [0.4, 0.5) is 19.0 Å². The summed E-state index contributed by atoms with van der Waals surface area (Å²) in [5.41, 5.74) is -0.153. The van der Waals surface area contributed by atoms with Crippen molar-refractivity contribution in [2.24, 2.45) is 7.05 Å². The summed E-state index contributed by atoms with van der Waals surface area (Å²) in [5.74, 6) is -1.09. The fourth-order valence-electron chi connectivity index (χ4n) is 3.25. The molecule has 1 aromatic carbocycles. The van der Waals surface area contributed by atoms with Gasteiger partial charge in [-0.3, -0.25) is 9.48 Å². The molecule has 8 nitrogen and oxygen atoms in total. The number of alkyl halides is 3. The second-order valence-electron chi connectivity index (χ2n) is 6.84. The molecule has 164 valence electrons. The number of halogens is 3. The van der Waals surface area contributed by atoms with Crippen molar-refractivity contribution in [1.82, 2.24) is 19.7 Å². The number of nitrogens with one attached hydrogen (secondary N) is 2. The number of nitrogens with zero attached hydrogens (tertiary/aromatic N) is 3. The van der Waals surface area contributed by atoms with Crippen LogP contribution in [0, 0.1) is 0 Å². The van der Waals surface area contributed by atoms with E-state index in [0.717, 1.165) is 6.07 Å². The fraction of sp³-hybridized carbons (Fsp3) is 0.143. The SMILES string of the molecule is COC(=O)c1cc(C(=O)Nc2ccc3cc(-c4ccccc4C(F)(F)F)[nH]c3n2)n(C)n1. The molecule has 3 heterocycles. The average molecular weight is 443 g/mol. The van der Waals surface area contributed by atoms with Gasteiger partial charge in [0, 0.05) is 29.8 Å². The molecule has 0 aliphatic heterocycles. The Balaban J connectivity index is 1.63. The molecule has 0 fully saturated rings. The first-order valence-corrected chi connectivity index (χ1v) is 9.27. The number of fused-ring (bicyclic) bond motifs is 1. The third-order valence-corrected chi connectivity index (χ3v) is 4.75. The third-order valence-electron chi connectivity index (χ3n) is 4.75. The van der Waals surface area contributed by atoms with Crippen molar-refractivity contribution in [2.75, 3.05) is 12.4 Å². The first-order chi connectivity index (χ1) is 15.2. The Hall–Kier alpha value is -4.15. The van der Waals surface area contributed by atoms with E-state index >= 15 is 0 Å². The molecule has 0 radical (unpaired) electrons. The van der Waals surface area contributed by atoms with Crippen molar-refractivity contribution < 1.29 is 27.5 Å². The molecule has 0 aliphatic rings. The van der Waals surface area contributed by atoms with E-state index in [4.69, 9.17) is 0 Å². The van der Waals surface area contributed by atoms with Gasteiger partial charge in [-0.15, -0.1) is 0 Å². The summed E-state index contributed by atoms with van der Waals surface area (Å²) in [6, 6.07) is 11.2. The lowest BCUT2D eigenvalue weighted by molar-refractivity contribution is -0.137. The van der Waals surface area contributed by atoms with Crippen LogP contribution in [0.1, 0.15) is 26.5 Å². The van der Waals surface area contributed by atoms with Crippen molar-refractivity contribution >= 4 is 28.7 Å². The molecule has 2 N–H and O–H groups in total. The van der Waals surface area contributed by atoms with Crippen molar-refractivity contribution in [3.8, 4) is 11.3 Å². The minimum Gasteiger partial charge on any atom is -0.464 e. The van der Waals surface area contributed by atoms with Gasteiger partial charge in [-0.2, -0.15) is 18.3 Å². The van der Waals surface area contributed by atoms with Gasteiger partial charge < -0.3 is 15.0 Å². The highest BCUT2D eigenvalue weighted by Crippen LogP contribution is 2.37. The van der Waals surface area contributed by atoms with Crippen LogP contribution in [0.25, 0.3) is 22.3 Å². The Morgan fingerprint density at radius 1 is 1.12 bits per heavy atom. The van der Waals surface area contributed by atoms with E-state index < -0.39 is 23.6 Å². The van der Waals surface area contributed by atoms with Gasteiger partial charge in [0.15, 0.2) is 5.69 Å². The Bertz CT molecular complexity index is 1340. The molecular formula is C21H16F3N5O3. The van der Waals surface area contributed by atoms with E-state index in [1.165, 1.54) is 49.2 Å². The zero-order valence-corrected chi connectivity index (χ0v) is 16.8. The number of rotatable bonds is 4. The highest BCUT2D eigenvalue weighted by Gasteiger charge is 2.33. The zero-order valence-electron chi connectivity index (χ0n) is 16.8. The molecular weight excluding hydrogens is 427 g/mol. The first kappa shape index (κ1) is 21.1. The number of aryl methyl sites for hydroxylation is 1. The first-order valence-electron chi connectivity index (χ1n) is 9.27. The van der Waals surface area contributed by atoms with Gasteiger partial charge in [-0.05, 0) is 24.3 Å². The molecule has 4 aromatic rings. The van der Waals surface area contributed by atoms with Crippen LogP contribution in [0.5, 0.6) is 0 Å². The Morgan fingerprint density at radius 3 is 2.59 bits per heavy atom. The molecule has 0 aliphatic carbocycles. The molecule has 0 atom stereocenters. The van der Waals surface area contributed by atoms with Crippen molar-refractivity contribution in [3.05, 3.63) is 65.5 Å². The standard InChI is InChI=1S/C21H16F3N5O3/c1-29-16(10-15(28-29)20(31)32-2)19(30)27-17-8-7-11-9-14(25-18(11)26-17)12-5-3-4-6-13(12)21(22,23)24/h3-10H,1-2H3,(H2,25,26,27,30). The number of hydrogen-bond donors (Lipinski definition) is 2. The van der Waals surface area contributed by atoms with Gasteiger partial charge in [0.05, 0.1) is 12.7 Å². The van der Waals surface area contributed by atoms with Crippen molar-refractivity contribution in [2.45, 2.75) is 6.18 Å². The lowest BCUT2D eigenvalue weighted by atomic mass is 10.0. The fourth-order valence-corrected chi connectivity index (χ4v) is 3.25. The number of aromatic nitrogens is 4. The summed E-state index contributed by atoms with van der Waals surface area (Å²) < 4.78 is 45.9. The maximum Gasteiger partial charge on any atom is 0.417 e. The molecule has 0 saturated carbocycles. The lowest BCUT2D eigenvalue weighted by Gasteiger charge is -2.11. The van der Waals surface area contributed by atoms with Gasteiger partial charge in [0.1, 0.15) is 17.2 Å². The quantitative estimate of drug-likeness (QED) is 0.464. The molecule has 3 aromatic heterocycles. The normalized spacial score (nSPS) is 11.5. The molecule has 0 spiro atoms. The Labute approximate surface area is 179 Å². The molecule has 11 heteroatoms. The number of carbonyl (C=O) groups is 2. The maximum atomic E-state index is 13.4. The van der Waals surface area contributed by atoms with E-state index in [-0.39, 0.29) is 28.5 Å². The Morgan fingerprint density at radius 2 is 1.88 bits per heavy atom. The summed E-state index contributed by atoms with van der Waals surface area (Å²) >= 11 is 0.